The molecule has 0 saturated heterocycles. The Hall–Kier alpha value is -1.88. The van der Waals surface area contributed by atoms with Gasteiger partial charge in [-0.05, 0) is 45.5 Å². The van der Waals surface area contributed by atoms with Gasteiger partial charge in [0, 0.05) is 19.0 Å². The molecule has 0 amide bonds. The van der Waals surface area contributed by atoms with Gasteiger partial charge in [0.25, 0.3) is 0 Å². The number of ether oxygens (including phenoxy) is 1. The third-order valence-corrected chi connectivity index (χ3v) is 3.36. The smallest absolute Gasteiger partial charge is 0.138 e. The number of aryl methyl sites for hydroxylation is 1. The van der Waals surface area contributed by atoms with Gasteiger partial charge < -0.3 is 10.1 Å². The summed E-state index contributed by atoms with van der Waals surface area (Å²) in [6.07, 6.45) is 2.59. The third kappa shape index (κ3) is 4.04. The van der Waals surface area contributed by atoms with Gasteiger partial charge in [0.05, 0.1) is 6.10 Å². The van der Waals surface area contributed by atoms with Crippen molar-refractivity contribution in [1.29, 1.82) is 0 Å². The van der Waals surface area contributed by atoms with Crippen molar-refractivity contribution in [1.82, 2.24) is 20.1 Å². The zero-order valence-electron chi connectivity index (χ0n) is 13.2. The van der Waals surface area contributed by atoms with Crippen LogP contribution in [0.2, 0.25) is 0 Å². The molecule has 1 unspecified atom stereocenters. The molecule has 0 aliphatic heterocycles. The van der Waals surface area contributed by atoms with E-state index in [-0.39, 0.29) is 12.1 Å². The molecule has 5 nitrogen and oxygen atoms in total. The van der Waals surface area contributed by atoms with Crippen LogP contribution >= 0.6 is 0 Å². The fourth-order valence-corrected chi connectivity index (χ4v) is 2.36. The second-order valence-electron chi connectivity index (χ2n) is 5.28. The van der Waals surface area contributed by atoms with Gasteiger partial charge in [0.1, 0.15) is 17.9 Å². The first kappa shape index (κ1) is 15.5. The Morgan fingerprint density at radius 1 is 1.33 bits per heavy atom. The second-order valence-corrected chi connectivity index (χ2v) is 5.28. The monoisotopic (exact) mass is 288 g/mol. The molecule has 0 aliphatic rings. The highest BCUT2D eigenvalue weighted by molar-refractivity contribution is 5.31. The maximum absolute atomic E-state index is 5.77. The Labute approximate surface area is 126 Å². The molecule has 0 saturated carbocycles. The van der Waals surface area contributed by atoms with Crippen LogP contribution in [0, 0.1) is 0 Å². The quantitative estimate of drug-likeness (QED) is 0.851. The highest BCUT2D eigenvalue weighted by Gasteiger charge is 2.14. The number of hydrogen-bond donors (Lipinski definition) is 1. The van der Waals surface area contributed by atoms with Gasteiger partial charge in [-0.1, -0.05) is 12.1 Å². The van der Waals surface area contributed by atoms with E-state index in [4.69, 9.17) is 4.74 Å². The first-order valence-corrected chi connectivity index (χ1v) is 7.44. The molecule has 2 aromatic rings. The molecule has 0 radical (unpaired) electrons. The van der Waals surface area contributed by atoms with Crippen LogP contribution in [0.3, 0.4) is 0 Å². The normalized spacial score (nSPS) is 12.6. The molecule has 1 aromatic carbocycles. The Morgan fingerprint density at radius 2 is 2.14 bits per heavy atom. The van der Waals surface area contributed by atoms with E-state index in [1.165, 1.54) is 5.56 Å². The maximum Gasteiger partial charge on any atom is 0.138 e. The molecular formula is C16H24N4O. The highest BCUT2D eigenvalue weighted by Crippen LogP contribution is 2.22. The molecule has 0 aliphatic carbocycles. The van der Waals surface area contributed by atoms with Gasteiger partial charge in [-0.2, -0.15) is 5.10 Å². The lowest BCUT2D eigenvalue weighted by Gasteiger charge is -2.18. The van der Waals surface area contributed by atoms with Crippen LogP contribution in [0.25, 0.3) is 0 Å². The summed E-state index contributed by atoms with van der Waals surface area (Å²) < 4.78 is 7.70. The van der Waals surface area contributed by atoms with Crippen molar-refractivity contribution in [3.8, 4) is 5.75 Å². The van der Waals surface area contributed by atoms with E-state index >= 15 is 0 Å². The van der Waals surface area contributed by atoms with Crippen LogP contribution in [0.1, 0.15) is 38.2 Å². The van der Waals surface area contributed by atoms with Crippen LogP contribution in [0.4, 0.5) is 0 Å². The lowest BCUT2D eigenvalue weighted by molar-refractivity contribution is 0.242. The number of hydrogen-bond acceptors (Lipinski definition) is 4. The Kier molecular flexibility index (Phi) is 5.33. The Bertz CT molecular complexity index is 565. The summed E-state index contributed by atoms with van der Waals surface area (Å²) in [7, 11) is 1.97. The van der Waals surface area contributed by atoms with Crippen molar-refractivity contribution in [2.75, 3.05) is 7.05 Å². The summed E-state index contributed by atoms with van der Waals surface area (Å²) >= 11 is 0. The summed E-state index contributed by atoms with van der Waals surface area (Å²) in [4.78, 5) is 4.35. The molecule has 0 fully saturated rings. The number of aromatic nitrogens is 3. The third-order valence-electron chi connectivity index (χ3n) is 3.36. The minimum atomic E-state index is 0.177. The number of rotatable bonds is 7. The molecule has 2 rings (SSSR count). The van der Waals surface area contributed by atoms with Gasteiger partial charge in [0.15, 0.2) is 0 Å². The lowest BCUT2D eigenvalue weighted by atomic mass is 10.0. The lowest BCUT2D eigenvalue weighted by Crippen LogP contribution is -2.21. The van der Waals surface area contributed by atoms with E-state index < -0.39 is 0 Å². The number of benzene rings is 1. The molecule has 1 heterocycles. The maximum atomic E-state index is 5.77. The summed E-state index contributed by atoms with van der Waals surface area (Å²) in [6.45, 7) is 6.98. The fraction of sp³-hybridized carbons (Fsp3) is 0.500. The molecule has 1 aromatic heterocycles. The van der Waals surface area contributed by atoms with Crippen LogP contribution in [-0.2, 0) is 13.0 Å². The van der Waals surface area contributed by atoms with E-state index in [1.54, 1.807) is 6.33 Å². The average Bonchev–Trinajstić information content (AvgIpc) is 2.91. The zero-order chi connectivity index (χ0) is 15.2. The van der Waals surface area contributed by atoms with Gasteiger partial charge >= 0.3 is 0 Å². The van der Waals surface area contributed by atoms with Crippen LogP contribution in [0.15, 0.2) is 30.6 Å². The number of nitrogens with one attached hydrogen (secondary N) is 1. The van der Waals surface area contributed by atoms with Crippen molar-refractivity contribution < 1.29 is 4.74 Å². The first-order valence-electron chi connectivity index (χ1n) is 7.44. The highest BCUT2D eigenvalue weighted by atomic mass is 16.5. The van der Waals surface area contributed by atoms with E-state index in [0.717, 1.165) is 24.5 Å². The van der Waals surface area contributed by atoms with E-state index in [9.17, 15) is 0 Å². The van der Waals surface area contributed by atoms with Crippen LogP contribution < -0.4 is 10.1 Å². The van der Waals surface area contributed by atoms with E-state index in [1.807, 2.05) is 37.7 Å². The van der Waals surface area contributed by atoms with Crippen LogP contribution in [-0.4, -0.2) is 27.9 Å². The largest absolute Gasteiger partial charge is 0.491 e. The van der Waals surface area contributed by atoms with E-state index in [2.05, 4.69) is 34.5 Å². The topological polar surface area (TPSA) is 52.0 Å². The number of nitrogens with zero attached hydrogens (tertiary/aromatic N) is 3. The molecule has 1 N–H and O–H groups in total. The molecule has 0 spiro atoms. The summed E-state index contributed by atoms with van der Waals surface area (Å²) in [6, 6.07) is 8.41. The molecule has 0 bridgehead atoms. The van der Waals surface area contributed by atoms with Gasteiger partial charge in [0.2, 0.25) is 0 Å². The molecule has 21 heavy (non-hydrogen) atoms. The van der Waals surface area contributed by atoms with Crippen molar-refractivity contribution >= 4 is 0 Å². The fourth-order valence-electron chi connectivity index (χ4n) is 2.36. The summed E-state index contributed by atoms with van der Waals surface area (Å²) in [5, 5.41) is 7.58. The molecule has 5 heteroatoms. The van der Waals surface area contributed by atoms with E-state index in [0.29, 0.717) is 0 Å². The molecule has 114 valence electrons. The zero-order valence-corrected chi connectivity index (χ0v) is 13.2. The molecule has 1 atom stereocenters. The van der Waals surface area contributed by atoms with Gasteiger partial charge in [-0.15, -0.1) is 0 Å². The predicted molar refractivity (Wildman–Crippen MR) is 83.4 cm³/mol. The SMILES string of the molecule is CCn1ncnc1CC(NC)c1cccc(OC(C)C)c1. The second kappa shape index (κ2) is 7.22. The predicted octanol–water partition coefficient (Wildman–Crippen LogP) is 2.59. The minimum Gasteiger partial charge on any atom is -0.491 e. The standard InChI is InChI=1S/C16H24N4O/c1-5-20-16(18-11-19-20)10-15(17-4)13-7-6-8-14(9-13)21-12(2)3/h6-9,11-12,15,17H,5,10H2,1-4H3. The average molecular weight is 288 g/mol. The van der Waals surface area contributed by atoms with Crippen molar-refractivity contribution in [3.63, 3.8) is 0 Å². The summed E-state index contributed by atoms with van der Waals surface area (Å²) in [5.41, 5.74) is 1.20. The van der Waals surface area contributed by atoms with Crippen LogP contribution in [0.5, 0.6) is 5.75 Å². The van der Waals surface area contributed by atoms with Gasteiger partial charge in [-0.3, -0.25) is 4.68 Å². The van der Waals surface area contributed by atoms with Crippen molar-refractivity contribution in [2.24, 2.45) is 0 Å². The first-order chi connectivity index (χ1) is 10.1. The molecular weight excluding hydrogens is 264 g/mol. The van der Waals surface area contributed by atoms with Gasteiger partial charge in [-0.25, -0.2) is 4.98 Å². The minimum absolute atomic E-state index is 0.177. The van der Waals surface area contributed by atoms with Crippen molar-refractivity contribution in [3.05, 3.63) is 42.0 Å². The number of likely N-dealkylation sites (N-methyl/N-ethyl adjacent to an activating group) is 1. The Morgan fingerprint density at radius 3 is 2.81 bits per heavy atom. The van der Waals surface area contributed by atoms with Crippen molar-refractivity contribution in [2.45, 2.75) is 45.9 Å². The Balaban J connectivity index is 2.17. The summed E-state index contributed by atoms with van der Waals surface area (Å²) in [5.74, 6) is 1.90.